The van der Waals surface area contributed by atoms with E-state index in [1.807, 2.05) is 0 Å². The molecule has 30 heavy (non-hydrogen) atoms. The van der Waals surface area contributed by atoms with Crippen molar-refractivity contribution < 1.29 is 37.9 Å². The van der Waals surface area contributed by atoms with Crippen LogP contribution < -0.4 is 11.3 Å². The monoisotopic (exact) mass is 421 g/mol. The van der Waals surface area contributed by atoms with Crippen LogP contribution >= 0.6 is 0 Å². The predicted molar refractivity (Wildman–Crippen MR) is 101 cm³/mol. The molecular formula is C20H23NO9. The van der Waals surface area contributed by atoms with Gasteiger partial charge in [-0.2, -0.15) is 0 Å². The van der Waals surface area contributed by atoms with Gasteiger partial charge in [-0.05, 0) is 44.4 Å². The number of hydrogen-bond donors (Lipinski definition) is 2. The van der Waals surface area contributed by atoms with Gasteiger partial charge in [0, 0.05) is 6.42 Å². The number of carboxylic acid groups (broad SMARTS) is 1. The summed E-state index contributed by atoms with van der Waals surface area (Å²) in [5.41, 5.74) is 3.27. The number of hydroxylamine groups is 1. The first-order valence-corrected chi connectivity index (χ1v) is 9.29. The molecule has 0 saturated heterocycles. The van der Waals surface area contributed by atoms with Crippen LogP contribution in [0.25, 0.3) is 0 Å². The van der Waals surface area contributed by atoms with Crippen molar-refractivity contribution in [2.45, 2.75) is 39.7 Å². The molecule has 1 heterocycles. The smallest absolute Gasteiger partial charge is 0.481 e. The Balaban J connectivity index is 1.81. The van der Waals surface area contributed by atoms with E-state index < -0.39 is 29.6 Å². The summed E-state index contributed by atoms with van der Waals surface area (Å²) in [6.07, 6.45) is 0.210. The molecule has 0 bridgehead atoms. The van der Waals surface area contributed by atoms with E-state index in [0.717, 1.165) is 5.56 Å². The molecular weight excluding hydrogens is 398 g/mol. The highest BCUT2D eigenvalue weighted by Gasteiger charge is 2.20. The maximum atomic E-state index is 11.9. The summed E-state index contributed by atoms with van der Waals surface area (Å²) in [5.74, 6) is -3.25. The maximum absolute atomic E-state index is 11.9. The largest absolute Gasteiger partial charge is 0.519 e. The van der Waals surface area contributed by atoms with E-state index in [4.69, 9.17) is 14.0 Å². The highest BCUT2D eigenvalue weighted by atomic mass is 16.7. The fraction of sp³-hybridized carbons (Fsp3) is 0.400. The second-order valence-electron chi connectivity index (χ2n) is 6.44. The second-order valence-corrected chi connectivity index (χ2v) is 6.44. The molecule has 2 N–H and O–H groups in total. The van der Waals surface area contributed by atoms with Gasteiger partial charge in [-0.3, -0.25) is 14.4 Å². The first-order valence-electron chi connectivity index (χ1n) is 9.29. The van der Waals surface area contributed by atoms with Gasteiger partial charge >= 0.3 is 17.8 Å². The van der Waals surface area contributed by atoms with E-state index in [1.165, 1.54) is 6.92 Å². The molecule has 1 aromatic carbocycles. The molecule has 0 spiro atoms. The molecule has 1 unspecified atom stereocenters. The minimum atomic E-state index is -1.03. The molecule has 0 aliphatic heterocycles. The first-order chi connectivity index (χ1) is 14.3. The summed E-state index contributed by atoms with van der Waals surface area (Å²) in [4.78, 5) is 51.0. The van der Waals surface area contributed by atoms with Crippen molar-refractivity contribution in [1.82, 2.24) is 5.48 Å². The quantitative estimate of drug-likeness (QED) is 0.411. The zero-order valence-electron chi connectivity index (χ0n) is 16.6. The highest BCUT2D eigenvalue weighted by molar-refractivity contribution is 5.89. The Morgan fingerprint density at radius 1 is 1.17 bits per heavy atom. The van der Waals surface area contributed by atoms with E-state index in [0.29, 0.717) is 5.56 Å². The van der Waals surface area contributed by atoms with Gasteiger partial charge in [-0.1, -0.05) is 12.1 Å². The normalized spacial score (nSPS) is 11.7. The molecule has 0 fully saturated rings. The lowest BCUT2D eigenvalue weighted by Crippen LogP contribution is -2.26. The number of carboxylic acids is 1. The van der Waals surface area contributed by atoms with Crippen molar-refractivity contribution in [2.75, 3.05) is 6.61 Å². The summed E-state index contributed by atoms with van der Waals surface area (Å²) in [6.45, 7) is 3.30. The Morgan fingerprint density at radius 2 is 1.87 bits per heavy atom. The summed E-state index contributed by atoms with van der Waals surface area (Å²) in [5, 5.41) is 9.43. The number of hydrogen-bond acceptors (Lipinski definition) is 8. The predicted octanol–water partition coefficient (Wildman–Crippen LogP) is 1.99. The molecule has 162 valence electrons. The van der Waals surface area contributed by atoms with Crippen LogP contribution in [-0.2, 0) is 32.2 Å². The fourth-order valence-electron chi connectivity index (χ4n) is 2.63. The van der Waals surface area contributed by atoms with Gasteiger partial charge in [0.25, 0.3) is 0 Å². The molecule has 2 aromatic rings. The molecule has 1 aromatic heterocycles. The summed E-state index contributed by atoms with van der Waals surface area (Å²) in [6, 6.07) is 6.46. The zero-order chi connectivity index (χ0) is 22.1. The number of nitrogens with one attached hydrogen (secondary N) is 1. The highest BCUT2D eigenvalue weighted by Crippen LogP contribution is 2.16. The van der Waals surface area contributed by atoms with Crippen molar-refractivity contribution >= 4 is 17.8 Å². The van der Waals surface area contributed by atoms with Gasteiger partial charge in [0.15, 0.2) is 5.76 Å². The summed E-state index contributed by atoms with van der Waals surface area (Å²) in [7, 11) is 0. The van der Waals surface area contributed by atoms with Gasteiger partial charge in [0.1, 0.15) is 12.4 Å². The number of carbonyl (C=O) groups is 3. The molecule has 10 nitrogen and oxygen atoms in total. The third kappa shape index (κ3) is 6.89. The Labute approximate surface area is 171 Å². The minimum Gasteiger partial charge on any atom is -0.481 e. The van der Waals surface area contributed by atoms with Gasteiger partial charge in [0.05, 0.1) is 18.1 Å². The number of aryl methyl sites for hydroxylation is 1. The second kappa shape index (κ2) is 11.0. The number of rotatable bonds is 11. The van der Waals surface area contributed by atoms with Crippen LogP contribution in [0.4, 0.5) is 0 Å². The van der Waals surface area contributed by atoms with E-state index in [-0.39, 0.29) is 44.0 Å². The van der Waals surface area contributed by atoms with Crippen LogP contribution in [-0.4, -0.2) is 29.6 Å². The number of carbonyl (C=O) groups excluding carboxylic acids is 2. The van der Waals surface area contributed by atoms with Gasteiger partial charge in [-0.25, -0.2) is 15.1 Å². The number of ether oxygens (including phenoxy) is 1. The van der Waals surface area contributed by atoms with E-state index >= 15 is 0 Å². The van der Waals surface area contributed by atoms with Crippen molar-refractivity contribution in [3.63, 3.8) is 0 Å². The van der Waals surface area contributed by atoms with Crippen LogP contribution in [0.2, 0.25) is 0 Å². The number of aliphatic carboxylic acids is 1. The molecule has 0 aliphatic rings. The molecule has 0 aliphatic carbocycles. The molecule has 1 atom stereocenters. The van der Waals surface area contributed by atoms with Gasteiger partial charge in [-0.15, -0.1) is 0 Å². The topological polar surface area (TPSA) is 145 Å². The van der Waals surface area contributed by atoms with E-state index in [9.17, 15) is 24.3 Å². The van der Waals surface area contributed by atoms with Crippen molar-refractivity contribution in [1.29, 1.82) is 0 Å². The molecule has 10 heteroatoms. The van der Waals surface area contributed by atoms with Crippen LogP contribution in [0.15, 0.2) is 37.9 Å². The van der Waals surface area contributed by atoms with Crippen LogP contribution in [0.3, 0.4) is 0 Å². The SMILES string of the molecule is CCOC(=O)c1ccc(CC(CCC(=O)NOCc2oc(=O)oc2C)C(=O)O)cc1. The lowest BCUT2D eigenvalue weighted by atomic mass is 9.94. The standard InChI is InChI=1S/C20H23NO9/c1-3-27-19(25)14-6-4-13(5-7-14)10-15(18(23)24)8-9-17(22)21-28-11-16-12(2)29-20(26)30-16/h4-7,15H,3,8-11H2,1-2H3,(H,21,22)(H,23,24). The Morgan fingerprint density at radius 3 is 2.43 bits per heavy atom. The van der Waals surface area contributed by atoms with Crippen molar-refractivity contribution in [3.8, 4) is 0 Å². The van der Waals surface area contributed by atoms with Gasteiger partial charge < -0.3 is 18.7 Å². The molecule has 0 radical (unpaired) electrons. The molecule has 0 saturated carbocycles. The summed E-state index contributed by atoms with van der Waals surface area (Å²) < 4.78 is 14.3. The lowest BCUT2D eigenvalue weighted by molar-refractivity contribution is -0.142. The maximum Gasteiger partial charge on any atom is 0.519 e. The Bertz CT molecular complexity index is 926. The van der Waals surface area contributed by atoms with Crippen molar-refractivity contribution in [3.05, 3.63) is 57.5 Å². The van der Waals surface area contributed by atoms with Crippen LogP contribution in [0.1, 0.15) is 47.2 Å². The number of amides is 1. The van der Waals surface area contributed by atoms with Gasteiger partial charge in [0.2, 0.25) is 5.91 Å². The number of esters is 1. The lowest BCUT2D eigenvalue weighted by Gasteiger charge is -2.13. The fourth-order valence-corrected chi connectivity index (χ4v) is 2.63. The molecule has 1 amide bonds. The average molecular weight is 421 g/mol. The van der Waals surface area contributed by atoms with Crippen LogP contribution in [0, 0.1) is 12.8 Å². The Kier molecular flexibility index (Phi) is 8.36. The number of benzene rings is 1. The third-order valence-corrected chi connectivity index (χ3v) is 4.24. The zero-order valence-corrected chi connectivity index (χ0v) is 16.6. The Hall–Kier alpha value is -3.40. The summed E-state index contributed by atoms with van der Waals surface area (Å²) >= 11 is 0. The molecule has 2 rings (SSSR count). The van der Waals surface area contributed by atoms with E-state index in [2.05, 4.69) is 9.90 Å². The average Bonchev–Trinajstić information content (AvgIpc) is 3.02. The minimum absolute atomic E-state index is 0.0772. The first kappa shape index (κ1) is 22.9. The van der Waals surface area contributed by atoms with Crippen molar-refractivity contribution in [2.24, 2.45) is 5.92 Å². The van der Waals surface area contributed by atoms with E-state index in [1.54, 1.807) is 31.2 Å². The van der Waals surface area contributed by atoms with Crippen LogP contribution in [0.5, 0.6) is 0 Å². The third-order valence-electron chi connectivity index (χ3n) is 4.24.